The quantitative estimate of drug-likeness (QED) is 0.481. The first kappa shape index (κ1) is 14.1. The van der Waals surface area contributed by atoms with Crippen LogP contribution in [0.25, 0.3) is 0 Å². The number of rotatable bonds is 3. The van der Waals surface area contributed by atoms with E-state index in [-0.39, 0.29) is 0 Å². The summed E-state index contributed by atoms with van der Waals surface area (Å²) in [6.07, 6.45) is -2.94. The number of imide groups is 1. The Labute approximate surface area is 108 Å². The summed E-state index contributed by atoms with van der Waals surface area (Å²) >= 11 is 0. The fourth-order valence-corrected chi connectivity index (χ4v) is 2.24. The molecule has 8 nitrogen and oxygen atoms in total. The average Bonchev–Trinajstić information content (AvgIpc) is 2.72. The molecule has 2 amide bonds. The zero-order chi connectivity index (χ0) is 14.2. The number of methoxy groups -OCH3 is 1. The number of nitrogens with zero attached hydrogens (tertiary/aromatic N) is 1. The molecule has 0 bridgehead atoms. The molecule has 0 aromatic carbocycles. The number of hydrogen-bond acceptors (Lipinski definition) is 7. The molecule has 2 aliphatic heterocycles. The third kappa shape index (κ3) is 2.28. The molecule has 3 N–H and O–H groups in total. The third-order valence-corrected chi connectivity index (χ3v) is 3.22. The Hall–Kier alpha value is -1.32. The summed E-state index contributed by atoms with van der Waals surface area (Å²) in [5.41, 5.74) is 0. The summed E-state index contributed by atoms with van der Waals surface area (Å²) in [5, 5.41) is 28.9. The van der Waals surface area contributed by atoms with E-state index < -0.39 is 49.1 Å². The third-order valence-electron chi connectivity index (χ3n) is 3.22. The molecule has 0 spiro atoms. The van der Waals surface area contributed by atoms with E-state index in [4.69, 9.17) is 14.6 Å². The molecule has 0 aromatic rings. The van der Waals surface area contributed by atoms with Crippen molar-refractivity contribution in [2.45, 2.75) is 30.6 Å². The van der Waals surface area contributed by atoms with Crippen LogP contribution in [0.4, 0.5) is 0 Å². The Bertz CT molecular complexity index is 390. The smallest absolute Gasteiger partial charge is 0.254 e. The van der Waals surface area contributed by atoms with E-state index in [9.17, 15) is 19.8 Å². The molecule has 2 heterocycles. The molecule has 2 rings (SSSR count). The zero-order valence-electron chi connectivity index (χ0n) is 10.2. The summed E-state index contributed by atoms with van der Waals surface area (Å²) in [4.78, 5) is 24.0. The molecule has 0 aromatic heterocycles. The average molecular weight is 273 g/mol. The number of aliphatic hydroxyl groups excluding tert-OH is 3. The van der Waals surface area contributed by atoms with Gasteiger partial charge in [0.15, 0.2) is 6.29 Å². The fraction of sp³-hybridized carbons (Fsp3) is 0.636. The van der Waals surface area contributed by atoms with Crippen LogP contribution in [-0.4, -0.2) is 76.4 Å². The van der Waals surface area contributed by atoms with Gasteiger partial charge in [0.1, 0.15) is 24.4 Å². The first-order valence-electron chi connectivity index (χ1n) is 5.71. The van der Waals surface area contributed by atoms with Gasteiger partial charge in [-0.15, -0.1) is 0 Å². The normalized spacial score (nSPS) is 39.2. The molecule has 19 heavy (non-hydrogen) atoms. The van der Waals surface area contributed by atoms with Crippen LogP contribution in [0.3, 0.4) is 0 Å². The van der Waals surface area contributed by atoms with E-state index in [0.29, 0.717) is 0 Å². The van der Waals surface area contributed by atoms with Crippen LogP contribution in [0.15, 0.2) is 12.2 Å². The number of carbonyl (C=O) groups is 2. The number of aliphatic hydroxyl groups is 3. The van der Waals surface area contributed by atoms with Crippen molar-refractivity contribution in [3.8, 4) is 0 Å². The van der Waals surface area contributed by atoms with E-state index in [0.717, 1.165) is 17.1 Å². The minimum atomic E-state index is -1.47. The van der Waals surface area contributed by atoms with Crippen LogP contribution in [-0.2, 0) is 19.1 Å². The van der Waals surface area contributed by atoms with E-state index in [1.807, 2.05) is 0 Å². The van der Waals surface area contributed by atoms with Crippen molar-refractivity contribution >= 4 is 11.8 Å². The van der Waals surface area contributed by atoms with Crippen molar-refractivity contribution in [2.24, 2.45) is 0 Å². The van der Waals surface area contributed by atoms with E-state index in [1.54, 1.807) is 0 Å². The summed E-state index contributed by atoms with van der Waals surface area (Å²) in [6, 6.07) is -1.17. The Morgan fingerprint density at radius 1 is 1.26 bits per heavy atom. The number of hydrogen-bond donors (Lipinski definition) is 3. The van der Waals surface area contributed by atoms with Gasteiger partial charge in [-0.3, -0.25) is 14.5 Å². The highest BCUT2D eigenvalue weighted by Crippen LogP contribution is 2.27. The SMILES string of the molecule is CO[C@@H]1O[C@H](CO)[C@H](O)[C@H](O)[C@H]1N1C(=O)C=CC1=O. The predicted octanol–water partition coefficient (Wildman–Crippen LogP) is -2.63. The van der Waals surface area contributed by atoms with Crippen LogP contribution >= 0.6 is 0 Å². The maximum Gasteiger partial charge on any atom is 0.254 e. The van der Waals surface area contributed by atoms with Crippen molar-refractivity contribution in [1.82, 2.24) is 4.90 Å². The molecule has 5 atom stereocenters. The van der Waals surface area contributed by atoms with Gasteiger partial charge >= 0.3 is 0 Å². The number of amides is 2. The van der Waals surface area contributed by atoms with Crippen LogP contribution in [0.2, 0.25) is 0 Å². The number of carbonyl (C=O) groups excluding carboxylic acids is 2. The second kappa shape index (κ2) is 5.35. The fourth-order valence-electron chi connectivity index (χ4n) is 2.24. The molecular weight excluding hydrogens is 258 g/mol. The lowest BCUT2D eigenvalue weighted by molar-refractivity contribution is -0.275. The van der Waals surface area contributed by atoms with Crippen molar-refractivity contribution in [2.75, 3.05) is 13.7 Å². The monoisotopic (exact) mass is 273 g/mol. The van der Waals surface area contributed by atoms with Crippen molar-refractivity contribution < 1.29 is 34.4 Å². The highest BCUT2D eigenvalue weighted by Gasteiger charge is 2.50. The Kier molecular flexibility index (Phi) is 3.97. The summed E-state index contributed by atoms with van der Waals surface area (Å²) in [7, 11) is 1.27. The second-order valence-corrected chi connectivity index (χ2v) is 4.31. The predicted molar refractivity (Wildman–Crippen MR) is 59.6 cm³/mol. The maximum atomic E-state index is 11.6. The lowest BCUT2D eigenvalue weighted by Gasteiger charge is -2.44. The molecule has 106 valence electrons. The summed E-state index contributed by atoms with van der Waals surface area (Å²) < 4.78 is 10.2. The molecule has 2 aliphatic rings. The largest absolute Gasteiger partial charge is 0.394 e. The maximum absolute atomic E-state index is 11.6. The van der Waals surface area contributed by atoms with Gasteiger partial charge in [0.05, 0.1) is 6.61 Å². The van der Waals surface area contributed by atoms with Crippen molar-refractivity contribution in [3.05, 3.63) is 12.2 Å². The van der Waals surface area contributed by atoms with E-state index in [2.05, 4.69) is 0 Å². The molecule has 0 saturated carbocycles. The Balaban J connectivity index is 2.27. The van der Waals surface area contributed by atoms with Gasteiger partial charge in [-0.05, 0) is 0 Å². The highest BCUT2D eigenvalue weighted by molar-refractivity contribution is 6.13. The van der Waals surface area contributed by atoms with Gasteiger partial charge in [0.2, 0.25) is 0 Å². The van der Waals surface area contributed by atoms with E-state index in [1.165, 1.54) is 7.11 Å². The zero-order valence-corrected chi connectivity index (χ0v) is 10.2. The van der Waals surface area contributed by atoms with Gasteiger partial charge < -0.3 is 24.8 Å². The van der Waals surface area contributed by atoms with Crippen LogP contribution in [0, 0.1) is 0 Å². The van der Waals surface area contributed by atoms with Gasteiger partial charge in [-0.1, -0.05) is 0 Å². The standard InChI is InChI=1S/C11H15NO7/c1-18-11-8(12-6(14)2-3-7(12)15)10(17)9(16)5(4-13)19-11/h2-3,5,8-11,13,16-17H,4H2,1H3/t5-,8-,9+,10-,11-/m1/s1. The molecule has 8 heteroatoms. The van der Waals surface area contributed by atoms with Crippen LogP contribution in [0.5, 0.6) is 0 Å². The Morgan fingerprint density at radius 3 is 2.32 bits per heavy atom. The van der Waals surface area contributed by atoms with E-state index >= 15 is 0 Å². The van der Waals surface area contributed by atoms with Crippen molar-refractivity contribution in [3.63, 3.8) is 0 Å². The number of ether oxygens (including phenoxy) is 2. The topological polar surface area (TPSA) is 117 Å². The molecular formula is C11H15NO7. The van der Waals surface area contributed by atoms with Crippen LogP contribution < -0.4 is 0 Å². The molecule has 1 saturated heterocycles. The van der Waals surface area contributed by atoms with Gasteiger partial charge in [0, 0.05) is 19.3 Å². The van der Waals surface area contributed by atoms with Gasteiger partial charge in [0.25, 0.3) is 11.8 Å². The van der Waals surface area contributed by atoms with Gasteiger partial charge in [-0.2, -0.15) is 0 Å². The molecule has 1 fully saturated rings. The first-order chi connectivity index (χ1) is 9.01. The minimum absolute atomic E-state index is 0.523. The first-order valence-corrected chi connectivity index (χ1v) is 5.71. The molecule has 0 radical (unpaired) electrons. The van der Waals surface area contributed by atoms with Gasteiger partial charge in [-0.25, -0.2) is 0 Å². The Morgan fingerprint density at radius 2 is 1.84 bits per heavy atom. The highest BCUT2D eigenvalue weighted by atomic mass is 16.7. The minimum Gasteiger partial charge on any atom is -0.394 e. The second-order valence-electron chi connectivity index (χ2n) is 4.31. The molecule has 0 unspecified atom stereocenters. The van der Waals surface area contributed by atoms with Crippen LogP contribution in [0.1, 0.15) is 0 Å². The lowest BCUT2D eigenvalue weighted by Crippen LogP contribution is -2.65. The molecule has 0 aliphatic carbocycles. The lowest BCUT2D eigenvalue weighted by atomic mass is 9.96. The van der Waals surface area contributed by atoms with Crippen molar-refractivity contribution in [1.29, 1.82) is 0 Å². The summed E-state index contributed by atoms with van der Waals surface area (Å²) in [5.74, 6) is -1.23. The summed E-state index contributed by atoms with van der Waals surface area (Å²) in [6.45, 7) is -0.523.